The van der Waals surface area contributed by atoms with Crippen LogP contribution in [0.1, 0.15) is 44.0 Å². The Morgan fingerprint density at radius 1 is 1.45 bits per heavy atom. The van der Waals surface area contributed by atoms with Crippen molar-refractivity contribution in [1.82, 2.24) is 4.98 Å². The van der Waals surface area contributed by atoms with E-state index >= 15 is 0 Å². The number of carboxylic acids is 1. The molecule has 1 unspecified atom stereocenters. The molecule has 110 valence electrons. The van der Waals surface area contributed by atoms with Crippen LogP contribution in [-0.4, -0.2) is 34.2 Å². The van der Waals surface area contributed by atoms with Crippen molar-refractivity contribution in [2.24, 2.45) is 0 Å². The third-order valence-corrected chi connectivity index (χ3v) is 2.92. The van der Waals surface area contributed by atoms with Crippen LogP contribution < -0.4 is 5.32 Å². The van der Waals surface area contributed by atoms with Crippen LogP contribution in [0.2, 0.25) is 0 Å². The van der Waals surface area contributed by atoms with Gasteiger partial charge in [0.1, 0.15) is 16.9 Å². The van der Waals surface area contributed by atoms with Gasteiger partial charge in [-0.25, -0.2) is 14.6 Å². The van der Waals surface area contributed by atoms with Gasteiger partial charge in [-0.15, -0.1) is 0 Å². The minimum atomic E-state index is -1.18. The molecule has 2 N–H and O–H groups in total. The smallest absolute Gasteiger partial charge is 0.341 e. The lowest BCUT2D eigenvalue weighted by atomic mass is 9.96. The molecule has 0 aromatic carbocycles. The predicted octanol–water partition coefficient (Wildman–Crippen LogP) is 2.31. The molecule has 0 saturated carbocycles. The summed E-state index contributed by atoms with van der Waals surface area (Å²) >= 11 is 0. The summed E-state index contributed by atoms with van der Waals surface area (Å²) in [4.78, 5) is 27.3. The second-order valence-electron chi connectivity index (χ2n) is 4.63. The standard InChI is InChI=1S/C14H20N2O4/c1-4-8-14(3,13(18)19)16-11-10(7-6-9-15-11)12(17)20-5-2/h6-7,9H,4-5,8H2,1-3H3,(H,15,16)(H,18,19). The maximum absolute atomic E-state index is 11.8. The molecule has 0 aliphatic heterocycles. The van der Waals surface area contributed by atoms with Gasteiger partial charge in [0.25, 0.3) is 0 Å². The molecule has 0 saturated heterocycles. The molecular weight excluding hydrogens is 260 g/mol. The average Bonchev–Trinajstić information content (AvgIpc) is 2.39. The molecule has 20 heavy (non-hydrogen) atoms. The fraction of sp³-hybridized carbons (Fsp3) is 0.500. The molecule has 1 aromatic heterocycles. The number of ether oxygens (including phenoxy) is 1. The summed E-state index contributed by atoms with van der Waals surface area (Å²) in [6.45, 7) is 5.42. The van der Waals surface area contributed by atoms with E-state index in [1.54, 1.807) is 26.0 Å². The number of rotatable bonds is 7. The van der Waals surface area contributed by atoms with Crippen LogP contribution in [0.4, 0.5) is 5.82 Å². The van der Waals surface area contributed by atoms with Gasteiger partial charge in [-0.3, -0.25) is 0 Å². The van der Waals surface area contributed by atoms with Gasteiger partial charge in [0.2, 0.25) is 0 Å². The molecule has 1 heterocycles. The molecule has 0 aliphatic rings. The number of aromatic nitrogens is 1. The molecule has 0 bridgehead atoms. The van der Waals surface area contributed by atoms with Crippen molar-refractivity contribution >= 4 is 17.8 Å². The van der Waals surface area contributed by atoms with Crippen LogP contribution in [-0.2, 0) is 9.53 Å². The Hall–Kier alpha value is -2.11. The zero-order valence-electron chi connectivity index (χ0n) is 12.0. The number of carboxylic acid groups (broad SMARTS) is 1. The van der Waals surface area contributed by atoms with E-state index in [-0.39, 0.29) is 18.0 Å². The first-order valence-electron chi connectivity index (χ1n) is 6.58. The summed E-state index contributed by atoms with van der Waals surface area (Å²) in [5.41, 5.74) is -0.942. The molecule has 1 rings (SSSR count). The molecule has 0 spiro atoms. The van der Waals surface area contributed by atoms with Crippen LogP contribution in [0.25, 0.3) is 0 Å². The summed E-state index contributed by atoms with van der Waals surface area (Å²) in [5, 5.41) is 12.2. The number of hydrogen-bond donors (Lipinski definition) is 2. The summed E-state index contributed by atoms with van der Waals surface area (Å²) in [7, 11) is 0. The average molecular weight is 280 g/mol. The molecule has 0 aliphatic carbocycles. The molecule has 6 heteroatoms. The van der Waals surface area contributed by atoms with E-state index in [1.165, 1.54) is 6.20 Å². The maximum Gasteiger partial charge on any atom is 0.341 e. The molecule has 0 fully saturated rings. The van der Waals surface area contributed by atoms with E-state index in [2.05, 4.69) is 10.3 Å². The monoisotopic (exact) mass is 280 g/mol. The number of nitrogens with one attached hydrogen (secondary N) is 1. The first-order chi connectivity index (χ1) is 9.44. The molecular formula is C14H20N2O4. The Morgan fingerprint density at radius 3 is 2.70 bits per heavy atom. The first kappa shape index (κ1) is 15.9. The predicted molar refractivity (Wildman–Crippen MR) is 74.8 cm³/mol. The van der Waals surface area contributed by atoms with Crippen LogP contribution in [0.3, 0.4) is 0 Å². The Morgan fingerprint density at radius 2 is 2.15 bits per heavy atom. The Kier molecular flexibility index (Phi) is 5.49. The highest BCUT2D eigenvalue weighted by Gasteiger charge is 2.33. The highest BCUT2D eigenvalue weighted by molar-refractivity contribution is 5.95. The Labute approximate surface area is 118 Å². The number of aliphatic carboxylic acids is 1. The third-order valence-electron chi connectivity index (χ3n) is 2.92. The van der Waals surface area contributed by atoms with E-state index in [1.807, 2.05) is 6.92 Å². The highest BCUT2D eigenvalue weighted by atomic mass is 16.5. The number of hydrogen-bond acceptors (Lipinski definition) is 5. The van der Waals surface area contributed by atoms with Crippen molar-refractivity contribution in [3.05, 3.63) is 23.9 Å². The van der Waals surface area contributed by atoms with Gasteiger partial charge in [0, 0.05) is 6.20 Å². The van der Waals surface area contributed by atoms with Crippen LogP contribution in [0, 0.1) is 0 Å². The van der Waals surface area contributed by atoms with Crippen LogP contribution >= 0.6 is 0 Å². The van der Waals surface area contributed by atoms with E-state index < -0.39 is 17.5 Å². The molecule has 1 atom stereocenters. The van der Waals surface area contributed by atoms with Gasteiger partial charge in [-0.05, 0) is 32.4 Å². The second-order valence-corrected chi connectivity index (χ2v) is 4.63. The molecule has 0 radical (unpaired) electrons. The van der Waals surface area contributed by atoms with Crippen molar-refractivity contribution in [3.8, 4) is 0 Å². The van der Waals surface area contributed by atoms with Crippen LogP contribution in [0.15, 0.2) is 18.3 Å². The summed E-state index contributed by atoms with van der Waals surface area (Å²) in [5.74, 6) is -1.28. The van der Waals surface area contributed by atoms with E-state index in [4.69, 9.17) is 4.74 Å². The van der Waals surface area contributed by atoms with Gasteiger partial charge in [-0.2, -0.15) is 0 Å². The SMILES string of the molecule is CCCC(C)(Nc1ncccc1C(=O)OCC)C(=O)O. The maximum atomic E-state index is 11.8. The fourth-order valence-electron chi connectivity index (χ4n) is 1.86. The van der Waals surface area contributed by atoms with Crippen molar-refractivity contribution < 1.29 is 19.4 Å². The van der Waals surface area contributed by atoms with Crippen molar-refractivity contribution in [2.45, 2.75) is 39.2 Å². The number of esters is 1. The number of nitrogens with zero attached hydrogens (tertiary/aromatic N) is 1. The van der Waals surface area contributed by atoms with Gasteiger partial charge in [0.05, 0.1) is 6.61 Å². The van der Waals surface area contributed by atoms with Gasteiger partial charge < -0.3 is 15.2 Å². The highest BCUT2D eigenvalue weighted by Crippen LogP contribution is 2.22. The molecule has 1 aromatic rings. The third kappa shape index (κ3) is 3.69. The molecule has 0 amide bonds. The van der Waals surface area contributed by atoms with Gasteiger partial charge >= 0.3 is 11.9 Å². The summed E-state index contributed by atoms with van der Waals surface area (Å²) in [6.07, 6.45) is 2.61. The number of pyridine rings is 1. The number of anilines is 1. The van der Waals surface area contributed by atoms with Crippen molar-refractivity contribution in [3.63, 3.8) is 0 Å². The van der Waals surface area contributed by atoms with Crippen LogP contribution in [0.5, 0.6) is 0 Å². The first-order valence-corrected chi connectivity index (χ1v) is 6.58. The van der Waals surface area contributed by atoms with E-state index in [0.717, 1.165) is 0 Å². The van der Waals surface area contributed by atoms with Crippen molar-refractivity contribution in [2.75, 3.05) is 11.9 Å². The fourth-order valence-corrected chi connectivity index (χ4v) is 1.86. The number of carbonyl (C=O) groups excluding carboxylic acids is 1. The lowest BCUT2D eigenvalue weighted by Crippen LogP contribution is -2.44. The largest absolute Gasteiger partial charge is 0.480 e. The summed E-state index contributed by atoms with van der Waals surface area (Å²) in [6, 6.07) is 3.16. The van der Waals surface area contributed by atoms with Crippen molar-refractivity contribution in [1.29, 1.82) is 0 Å². The molecule has 6 nitrogen and oxygen atoms in total. The van der Waals surface area contributed by atoms with E-state index in [0.29, 0.717) is 12.8 Å². The number of carbonyl (C=O) groups is 2. The quantitative estimate of drug-likeness (QED) is 0.745. The van der Waals surface area contributed by atoms with E-state index in [9.17, 15) is 14.7 Å². The summed E-state index contributed by atoms with van der Waals surface area (Å²) < 4.78 is 4.94. The second kappa shape index (κ2) is 6.88. The lowest BCUT2D eigenvalue weighted by Gasteiger charge is -2.27. The normalized spacial score (nSPS) is 13.3. The zero-order valence-corrected chi connectivity index (χ0v) is 12.0. The minimum absolute atomic E-state index is 0.226. The zero-order chi connectivity index (χ0) is 15.2. The Bertz CT molecular complexity index is 490. The lowest BCUT2D eigenvalue weighted by molar-refractivity contribution is -0.142. The topological polar surface area (TPSA) is 88.5 Å². The minimum Gasteiger partial charge on any atom is -0.480 e. The van der Waals surface area contributed by atoms with Gasteiger partial charge in [-0.1, -0.05) is 13.3 Å². The van der Waals surface area contributed by atoms with Gasteiger partial charge in [0.15, 0.2) is 0 Å². The Balaban J connectivity index is 3.07.